The van der Waals surface area contributed by atoms with E-state index in [-0.39, 0.29) is 11.5 Å². The summed E-state index contributed by atoms with van der Waals surface area (Å²) in [5.74, 6) is -0.510. The summed E-state index contributed by atoms with van der Waals surface area (Å²) in [5, 5.41) is 4.45. The number of hydrogen-bond donors (Lipinski definition) is 2. The number of Topliss-reactive ketones (excluding diaryl/α,β-unsaturated/α-hetero) is 1. The van der Waals surface area contributed by atoms with Crippen molar-refractivity contribution in [2.45, 2.75) is 25.7 Å². The smallest absolute Gasteiger partial charge is 0.302 e. The van der Waals surface area contributed by atoms with Crippen LogP contribution >= 0.6 is 0 Å². The molecule has 0 aromatic heterocycles. The van der Waals surface area contributed by atoms with Gasteiger partial charge in [-0.3, -0.25) is 14.9 Å². The molecule has 2 rings (SSSR count). The number of ketones is 1. The Kier molecular flexibility index (Phi) is 2.07. The molecule has 5 heteroatoms. The molecule has 1 aliphatic heterocycles. The molecule has 1 saturated heterocycles. The predicted octanol–water partition coefficient (Wildman–Crippen LogP) is 0.223. The maximum Gasteiger partial charge on any atom is 0.326 e. The lowest BCUT2D eigenvalue weighted by Gasteiger charge is -2.13. The van der Waals surface area contributed by atoms with Crippen LogP contribution in [0.3, 0.4) is 0 Å². The van der Waals surface area contributed by atoms with Crippen LogP contribution in [0.1, 0.15) is 25.7 Å². The van der Waals surface area contributed by atoms with Crippen molar-refractivity contribution in [3.05, 3.63) is 11.3 Å². The summed E-state index contributed by atoms with van der Waals surface area (Å²) in [6.07, 6.45) is 2.82. The highest BCUT2D eigenvalue weighted by atomic mass is 16.2. The van der Waals surface area contributed by atoms with Crippen molar-refractivity contribution in [1.82, 2.24) is 10.6 Å². The number of carbonyl (C=O) groups excluding carboxylic acids is 3. The number of rotatable bonds is 0. The second-order valence-electron chi connectivity index (χ2n) is 3.39. The van der Waals surface area contributed by atoms with Crippen molar-refractivity contribution in [3.63, 3.8) is 0 Å². The van der Waals surface area contributed by atoms with Gasteiger partial charge < -0.3 is 5.32 Å². The molecule has 1 heterocycles. The van der Waals surface area contributed by atoms with Gasteiger partial charge in [-0.1, -0.05) is 0 Å². The normalized spacial score (nSPS) is 27.6. The molecule has 2 fully saturated rings. The van der Waals surface area contributed by atoms with Gasteiger partial charge in [-0.25, -0.2) is 4.79 Å². The van der Waals surface area contributed by atoms with E-state index < -0.39 is 11.9 Å². The number of urea groups is 1. The van der Waals surface area contributed by atoms with E-state index in [9.17, 15) is 14.4 Å². The van der Waals surface area contributed by atoms with Crippen LogP contribution in [-0.4, -0.2) is 17.7 Å². The lowest BCUT2D eigenvalue weighted by atomic mass is 9.92. The highest BCUT2D eigenvalue weighted by Gasteiger charge is 2.30. The first kappa shape index (κ1) is 8.93. The number of carbonyl (C=O) groups is 3. The van der Waals surface area contributed by atoms with Gasteiger partial charge in [0.15, 0.2) is 5.78 Å². The first-order valence-electron chi connectivity index (χ1n) is 4.57. The molecule has 1 aliphatic carbocycles. The Bertz CT molecular complexity index is 357. The zero-order valence-electron chi connectivity index (χ0n) is 7.55. The van der Waals surface area contributed by atoms with Crippen molar-refractivity contribution >= 4 is 17.7 Å². The SMILES string of the molecule is O=C1NC(=O)C(=C2CCCCC2=O)N1. The Morgan fingerprint density at radius 2 is 1.64 bits per heavy atom. The Balaban J connectivity index is 2.33. The van der Waals surface area contributed by atoms with Crippen molar-refractivity contribution in [2.75, 3.05) is 0 Å². The number of allylic oxidation sites excluding steroid dienone is 1. The molecule has 14 heavy (non-hydrogen) atoms. The molecule has 0 unspecified atom stereocenters. The van der Waals surface area contributed by atoms with Crippen LogP contribution in [0.25, 0.3) is 0 Å². The predicted molar refractivity (Wildman–Crippen MR) is 47.2 cm³/mol. The topological polar surface area (TPSA) is 75.3 Å². The monoisotopic (exact) mass is 194 g/mol. The molecular weight excluding hydrogens is 184 g/mol. The Labute approximate surface area is 80.5 Å². The maximum atomic E-state index is 11.4. The van der Waals surface area contributed by atoms with E-state index in [0.29, 0.717) is 18.4 Å². The molecule has 0 aromatic carbocycles. The minimum absolute atomic E-state index is 0.0244. The summed E-state index contributed by atoms with van der Waals surface area (Å²) >= 11 is 0. The third kappa shape index (κ3) is 1.41. The van der Waals surface area contributed by atoms with Gasteiger partial charge in [-0.15, -0.1) is 0 Å². The third-order valence-electron chi connectivity index (χ3n) is 2.41. The average Bonchev–Trinajstić information content (AvgIpc) is 2.46. The molecule has 0 aromatic rings. The molecule has 1 saturated carbocycles. The number of imide groups is 1. The van der Waals surface area contributed by atoms with Crippen molar-refractivity contribution in [2.24, 2.45) is 0 Å². The number of nitrogens with one attached hydrogen (secondary N) is 2. The van der Waals surface area contributed by atoms with Crippen LogP contribution in [0.15, 0.2) is 11.3 Å². The van der Waals surface area contributed by atoms with E-state index in [0.717, 1.165) is 12.8 Å². The van der Waals surface area contributed by atoms with E-state index in [1.165, 1.54) is 0 Å². The Hall–Kier alpha value is -1.65. The fourth-order valence-corrected chi connectivity index (χ4v) is 1.72. The second kappa shape index (κ2) is 3.25. The van der Waals surface area contributed by atoms with Crippen molar-refractivity contribution in [1.29, 1.82) is 0 Å². The molecular formula is C9H10N2O3. The summed E-state index contributed by atoms with van der Waals surface area (Å²) in [4.78, 5) is 33.5. The quantitative estimate of drug-likeness (QED) is 0.428. The van der Waals surface area contributed by atoms with Crippen LogP contribution in [0, 0.1) is 0 Å². The van der Waals surface area contributed by atoms with Gasteiger partial charge in [0.25, 0.3) is 5.91 Å². The van der Waals surface area contributed by atoms with Crippen molar-refractivity contribution < 1.29 is 14.4 Å². The van der Waals surface area contributed by atoms with Gasteiger partial charge in [0.1, 0.15) is 5.70 Å². The first-order chi connectivity index (χ1) is 6.68. The highest BCUT2D eigenvalue weighted by molar-refractivity contribution is 6.16. The maximum absolute atomic E-state index is 11.4. The van der Waals surface area contributed by atoms with E-state index in [4.69, 9.17) is 0 Å². The minimum Gasteiger partial charge on any atom is -0.302 e. The van der Waals surface area contributed by atoms with Crippen LogP contribution < -0.4 is 10.6 Å². The number of hydrogen-bond acceptors (Lipinski definition) is 3. The minimum atomic E-state index is -0.545. The zero-order valence-corrected chi connectivity index (χ0v) is 7.55. The molecule has 74 valence electrons. The van der Waals surface area contributed by atoms with Crippen LogP contribution in [-0.2, 0) is 9.59 Å². The lowest BCUT2D eigenvalue weighted by molar-refractivity contribution is -0.118. The number of amides is 3. The van der Waals surface area contributed by atoms with Gasteiger partial charge in [-0.05, 0) is 19.3 Å². The lowest BCUT2D eigenvalue weighted by Crippen LogP contribution is -2.22. The molecule has 0 radical (unpaired) electrons. The zero-order chi connectivity index (χ0) is 10.1. The van der Waals surface area contributed by atoms with E-state index in [1.807, 2.05) is 0 Å². The molecule has 5 nitrogen and oxygen atoms in total. The summed E-state index contributed by atoms with van der Waals surface area (Å²) in [6, 6.07) is -0.545. The van der Waals surface area contributed by atoms with Gasteiger partial charge in [0.05, 0.1) is 0 Å². The largest absolute Gasteiger partial charge is 0.326 e. The summed E-state index contributed by atoms with van der Waals surface area (Å²) < 4.78 is 0. The van der Waals surface area contributed by atoms with Gasteiger partial charge in [0, 0.05) is 12.0 Å². The molecule has 2 aliphatic rings. The van der Waals surface area contributed by atoms with Gasteiger partial charge in [0.2, 0.25) is 0 Å². The molecule has 0 atom stereocenters. The van der Waals surface area contributed by atoms with E-state index in [2.05, 4.69) is 10.6 Å². The summed E-state index contributed by atoms with van der Waals surface area (Å²) in [7, 11) is 0. The van der Waals surface area contributed by atoms with Gasteiger partial charge >= 0.3 is 6.03 Å². The fourth-order valence-electron chi connectivity index (χ4n) is 1.72. The van der Waals surface area contributed by atoms with E-state index in [1.54, 1.807) is 0 Å². The Morgan fingerprint density at radius 3 is 2.21 bits per heavy atom. The standard InChI is InChI=1S/C9H10N2O3/c12-6-4-2-1-3-5(6)7-8(13)11-9(14)10-7/h1-4H2,(H2,10,11,13,14). The third-order valence-corrected chi connectivity index (χ3v) is 2.41. The van der Waals surface area contributed by atoms with Crippen LogP contribution in [0.2, 0.25) is 0 Å². The van der Waals surface area contributed by atoms with Crippen LogP contribution in [0.5, 0.6) is 0 Å². The van der Waals surface area contributed by atoms with Crippen molar-refractivity contribution in [3.8, 4) is 0 Å². The average molecular weight is 194 g/mol. The highest BCUT2D eigenvalue weighted by Crippen LogP contribution is 2.22. The molecule has 2 N–H and O–H groups in total. The van der Waals surface area contributed by atoms with Gasteiger partial charge in [-0.2, -0.15) is 0 Å². The Morgan fingerprint density at radius 1 is 0.929 bits per heavy atom. The first-order valence-corrected chi connectivity index (χ1v) is 4.57. The van der Waals surface area contributed by atoms with Crippen LogP contribution in [0.4, 0.5) is 4.79 Å². The summed E-state index contributed by atoms with van der Waals surface area (Å²) in [6.45, 7) is 0. The second-order valence-corrected chi connectivity index (χ2v) is 3.39. The summed E-state index contributed by atoms with van der Waals surface area (Å²) in [5.41, 5.74) is 0.624. The molecule has 0 bridgehead atoms. The fraction of sp³-hybridized carbons (Fsp3) is 0.444. The molecule has 0 spiro atoms. The molecule has 3 amide bonds. The van der Waals surface area contributed by atoms with E-state index >= 15 is 0 Å².